The lowest BCUT2D eigenvalue weighted by molar-refractivity contribution is -0.143. The van der Waals surface area contributed by atoms with Crippen LogP contribution in [0, 0.1) is 0 Å². The molecule has 0 radical (unpaired) electrons. The smallest absolute Gasteiger partial charge is 0.333 e. The zero-order valence-electron chi connectivity index (χ0n) is 17.8. The lowest BCUT2D eigenvalue weighted by Gasteiger charge is -2.39. The largest absolute Gasteiger partial charge is 0.416 e. The standard InChI is InChI=1S/C23H22F6N2O2/c1-13-6-5-7-14(2)31(13)21(33)18-8-3-4-9-19(18)30-20(32)15-10-16(22(24,25)26)12-17(11-15)23(27,28)29/h3-4,8-14H,5-7H2,1-2H3,(H,30,32)/t13-,14+. The van der Waals surface area contributed by atoms with Gasteiger partial charge in [-0.25, -0.2) is 0 Å². The highest BCUT2D eigenvalue weighted by molar-refractivity contribution is 6.09. The molecule has 0 bridgehead atoms. The highest BCUT2D eigenvalue weighted by atomic mass is 19.4. The van der Waals surface area contributed by atoms with E-state index in [2.05, 4.69) is 5.32 Å². The Balaban J connectivity index is 1.96. The number of benzene rings is 2. The van der Waals surface area contributed by atoms with Gasteiger partial charge < -0.3 is 10.2 Å². The highest BCUT2D eigenvalue weighted by Gasteiger charge is 2.38. The Labute approximate surface area is 186 Å². The van der Waals surface area contributed by atoms with Crippen LogP contribution in [0.2, 0.25) is 0 Å². The average molecular weight is 472 g/mol. The van der Waals surface area contributed by atoms with E-state index in [4.69, 9.17) is 0 Å². The molecule has 1 N–H and O–H groups in total. The number of carbonyl (C=O) groups excluding carboxylic acids is 2. The quantitative estimate of drug-likeness (QED) is 0.527. The van der Waals surface area contributed by atoms with Gasteiger partial charge in [-0.2, -0.15) is 26.3 Å². The van der Waals surface area contributed by atoms with Gasteiger partial charge in [0.1, 0.15) is 0 Å². The maximum atomic E-state index is 13.2. The van der Waals surface area contributed by atoms with Gasteiger partial charge in [0.15, 0.2) is 0 Å². The van der Waals surface area contributed by atoms with Crippen molar-refractivity contribution in [3.8, 4) is 0 Å². The van der Waals surface area contributed by atoms with Gasteiger partial charge in [0.25, 0.3) is 11.8 Å². The molecule has 178 valence electrons. The summed E-state index contributed by atoms with van der Waals surface area (Å²) in [5.74, 6) is -1.56. The van der Waals surface area contributed by atoms with Crippen LogP contribution in [0.4, 0.5) is 32.0 Å². The molecule has 1 heterocycles. The zero-order valence-corrected chi connectivity index (χ0v) is 17.8. The van der Waals surface area contributed by atoms with Gasteiger partial charge in [0.05, 0.1) is 22.4 Å². The summed E-state index contributed by atoms with van der Waals surface area (Å²) in [5, 5.41) is 2.31. The summed E-state index contributed by atoms with van der Waals surface area (Å²) in [6, 6.07) is 6.45. The van der Waals surface area contributed by atoms with E-state index in [0.29, 0.717) is 12.1 Å². The topological polar surface area (TPSA) is 49.4 Å². The molecule has 2 amide bonds. The van der Waals surface area contributed by atoms with Crippen LogP contribution in [0.5, 0.6) is 0 Å². The predicted octanol–water partition coefficient (Wildman–Crippen LogP) is 6.38. The van der Waals surface area contributed by atoms with E-state index < -0.39 is 35.0 Å². The minimum absolute atomic E-state index is 0.00319. The van der Waals surface area contributed by atoms with E-state index in [1.165, 1.54) is 18.2 Å². The summed E-state index contributed by atoms with van der Waals surface area (Å²) >= 11 is 0. The number of nitrogens with one attached hydrogen (secondary N) is 1. The van der Waals surface area contributed by atoms with Gasteiger partial charge in [0.2, 0.25) is 0 Å². The summed E-state index contributed by atoms with van der Waals surface area (Å²) in [5.41, 5.74) is -3.90. The maximum Gasteiger partial charge on any atom is 0.416 e. The van der Waals surface area contributed by atoms with Crippen LogP contribution in [-0.4, -0.2) is 28.8 Å². The third-order valence-corrected chi connectivity index (χ3v) is 5.68. The first-order chi connectivity index (χ1) is 15.3. The number of hydrogen-bond donors (Lipinski definition) is 1. The summed E-state index contributed by atoms with van der Waals surface area (Å²) in [6.45, 7) is 3.80. The van der Waals surface area contributed by atoms with E-state index in [-0.39, 0.29) is 35.3 Å². The molecule has 0 spiro atoms. The van der Waals surface area contributed by atoms with Crippen LogP contribution >= 0.6 is 0 Å². The second-order valence-corrected chi connectivity index (χ2v) is 8.14. The third-order valence-electron chi connectivity index (χ3n) is 5.68. The molecular formula is C23H22F6N2O2. The van der Waals surface area contributed by atoms with Crippen molar-refractivity contribution in [2.45, 2.75) is 57.5 Å². The number of halogens is 6. The van der Waals surface area contributed by atoms with Crippen LogP contribution < -0.4 is 5.32 Å². The van der Waals surface area contributed by atoms with Gasteiger partial charge in [-0.3, -0.25) is 9.59 Å². The molecule has 0 aliphatic carbocycles. The van der Waals surface area contributed by atoms with E-state index in [0.717, 1.165) is 19.3 Å². The van der Waals surface area contributed by atoms with Gasteiger partial charge in [-0.05, 0) is 63.4 Å². The molecule has 1 aliphatic heterocycles. The Morgan fingerprint density at radius 3 is 1.91 bits per heavy atom. The minimum atomic E-state index is -5.08. The van der Waals surface area contributed by atoms with Crippen molar-refractivity contribution < 1.29 is 35.9 Å². The maximum absolute atomic E-state index is 13.2. The van der Waals surface area contributed by atoms with Gasteiger partial charge in [-0.1, -0.05) is 12.1 Å². The summed E-state index contributed by atoms with van der Waals surface area (Å²) < 4.78 is 78.8. The molecule has 0 unspecified atom stereocenters. The second kappa shape index (κ2) is 9.07. The number of carbonyl (C=O) groups is 2. The first kappa shape index (κ1) is 24.6. The first-order valence-corrected chi connectivity index (χ1v) is 10.3. The number of rotatable bonds is 3. The molecule has 2 atom stereocenters. The molecule has 0 aromatic heterocycles. The molecule has 1 aliphatic rings. The van der Waals surface area contributed by atoms with Gasteiger partial charge >= 0.3 is 12.4 Å². The van der Waals surface area contributed by atoms with E-state index in [9.17, 15) is 35.9 Å². The number of para-hydroxylation sites is 1. The van der Waals surface area contributed by atoms with E-state index in [1.807, 2.05) is 13.8 Å². The molecule has 0 saturated carbocycles. The number of likely N-dealkylation sites (tertiary alicyclic amines) is 1. The van der Waals surface area contributed by atoms with Crippen molar-refractivity contribution in [3.05, 3.63) is 64.7 Å². The number of piperidine rings is 1. The Morgan fingerprint density at radius 1 is 0.879 bits per heavy atom. The van der Waals surface area contributed by atoms with Crippen LogP contribution in [0.1, 0.15) is 65.0 Å². The molecule has 10 heteroatoms. The molecule has 2 aromatic carbocycles. The Hall–Kier alpha value is -3.04. The normalized spacial score (nSPS) is 19.3. The monoisotopic (exact) mass is 472 g/mol. The van der Waals surface area contributed by atoms with Crippen molar-refractivity contribution in [3.63, 3.8) is 0 Å². The molecule has 2 aromatic rings. The van der Waals surface area contributed by atoms with Crippen LogP contribution in [0.3, 0.4) is 0 Å². The molecule has 1 fully saturated rings. The molecule has 33 heavy (non-hydrogen) atoms. The number of amides is 2. The van der Waals surface area contributed by atoms with Gasteiger partial charge in [-0.15, -0.1) is 0 Å². The van der Waals surface area contributed by atoms with Crippen molar-refractivity contribution in [1.29, 1.82) is 0 Å². The zero-order chi connectivity index (χ0) is 24.6. The van der Waals surface area contributed by atoms with Crippen molar-refractivity contribution in [1.82, 2.24) is 4.90 Å². The summed E-state index contributed by atoms with van der Waals surface area (Å²) in [6.07, 6.45) is -7.60. The molecule has 4 nitrogen and oxygen atoms in total. The fourth-order valence-electron chi connectivity index (χ4n) is 4.02. The van der Waals surface area contributed by atoms with Crippen molar-refractivity contribution in [2.75, 3.05) is 5.32 Å². The SMILES string of the molecule is C[C@@H]1CCC[C@H](C)N1C(=O)c1ccccc1NC(=O)c1cc(C(F)(F)F)cc(C(F)(F)F)c1. The Morgan fingerprint density at radius 2 is 1.39 bits per heavy atom. The minimum Gasteiger partial charge on any atom is -0.333 e. The number of anilines is 1. The lowest BCUT2D eigenvalue weighted by Crippen LogP contribution is -2.47. The van der Waals surface area contributed by atoms with Crippen molar-refractivity contribution >= 4 is 17.5 Å². The number of nitrogens with zero attached hydrogens (tertiary/aromatic N) is 1. The molecule has 1 saturated heterocycles. The summed E-state index contributed by atoms with van der Waals surface area (Å²) in [7, 11) is 0. The molecular weight excluding hydrogens is 450 g/mol. The summed E-state index contributed by atoms with van der Waals surface area (Å²) in [4.78, 5) is 27.6. The Kier molecular flexibility index (Phi) is 6.76. The fraction of sp³-hybridized carbons (Fsp3) is 0.391. The Bertz CT molecular complexity index is 1010. The lowest BCUT2D eigenvalue weighted by atomic mass is 9.96. The average Bonchev–Trinajstić information content (AvgIpc) is 2.72. The van der Waals surface area contributed by atoms with Crippen LogP contribution in [0.15, 0.2) is 42.5 Å². The highest BCUT2D eigenvalue weighted by Crippen LogP contribution is 2.36. The third kappa shape index (κ3) is 5.48. The number of hydrogen-bond acceptors (Lipinski definition) is 2. The van der Waals surface area contributed by atoms with Gasteiger partial charge in [0, 0.05) is 17.6 Å². The second-order valence-electron chi connectivity index (χ2n) is 8.14. The van der Waals surface area contributed by atoms with Crippen LogP contribution in [0.25, 0.3) is 0 Å². The first-order valence-electron chi connectivity index (χ1n) is 10.3. The van der Waals surface area contributed by atoms with E-state index in [1.54, 1.807) is 11.0 Å². The van der Waals surface area contributed by atoms with Crippen LogP contribution in [-0.2, 0) is 12.4 Å². The van der Waals surface area contributed by atoms with Crippen molar-refractivity contribution in [2.24, 2.45) is 0 Å². The van der Waals surface area contributed by atoms with E-state index >= 15 is 0 Å². The number of alkyl halides is 6. The fourth-order valence-corrected chi connectivity index (χ4v) is 4.02. The molecule has 3 rings (SSSR count). The predicted molar refractivity (Wildman–Crippen MR) is 110 cm³/mol.